The van der Waals surface area contributed by atoms with Crippen LogP contribution in [0.3, 0.4) is 0 Å². The minimum absolute atomic E-state index is 0.0988. The number of alkyl halides is 1. The molecule has 0 aromatic heterocycles. The second-order valence-electron chi connectivity index (χ2n) is 3.02. The van der Waals surface area contributed by atoms with Gasteiger partial charge >= 0.3 is 94.9 Å². The Labute approximate surface area is 94.8 Å². The molecule has 0 aliphatic carbocycles. The predicted octanol–water partition coefficient (Wildman–Crippen LogP) is -1.34. The molecule has 1 unspecified atom stereocenters. The summed E-state index contributed by atoms with van der Waals surface area (Å²) in [6.07, 6.45) is 3.96. The van der Waals surface area contributed by atoms with Crippen molar-refractivity contribution in [3.05, 3.63) is 21.3 Å². The van der Waals surface area contributed by atoms with E-state index in [4.69, 9.17) is 4.74 Å². The first-order valence-electron chi connectivity index (χ1n) is 4.47. The summed E-state index contributed by atoms with van der Waals surface area (Å²) in [5, 5.41) is 2.74. The van der Waals surface area contributed by atoms with Crippen molar-refractivity contribution in [2.75, 3.05) is 11.5 Å². The Bertz CT molecular complexity index is 284. The average molecular weight is 308 g/mol. The van der Waals surface area contributed by atoms with Crippen molar-refractivity contribution >= 4 is 6.09 Å². The van der Waals surface area contributed by atoms with Crippen LogP contribution in [0.4, 0.5) is 4.79 Å². The standard InChI is InChI=1S/C10H15INO2/c1-4-9(11-3)5-8-6-14-10(13)12-7(8)2/h4-5,7H,6H2,1-3H3,(H,12,13)/q-1/b8-5-,9-4+. The Kier molecular flexibility index (Phi) is 4.44. The van der Waals surface area contributed by atoms with Gasteiger partial charge in [-0.15, -0.1) is 0 Å². The van der Waals surface area contributed by atoms with Gasteiger partial charge in [-0.25, -0.2) is 0 Å². The van der Waals surface area contributed by atoms with E-state index in [-0.39, 0.29) is 33.3 Å². The van der Waals surface area contributed by atoms with Gasteiger partial charge in [0.25, 0.3) is 0 Å². The Morgan fingerprint density at radius 3 is 2.93 bits per heavy atom. The maximum absolute atomic E-state index is 10.9. The number of carbonyl (C=O) groups excluding carboxylic acids is 1. The molecule has 1 amide bonds. The van der Waals surface area contributed by atoms with E-state index in [1.165, 1.54) is 3.58 Å². The SMILES string of the molecule is C/C=C(\C=C1\COC(=O)NC1C)[I-]C. The molecule has 0 radical (unpaired) electrons. The topological polar surface area (TPSA) is 38.3 Å². The Balaban J connectivity index is 2.72. The zero-order valence-corrected chi connectivity index (χ0v) is 10.8. The third kappa shape index (κ3) is 3.01. The number of rotatable bonds is 2. The predicted molar refractivity (Wildman–Crippen MR) is 51.7 cm³/mol. The van der Waals surface area contributed by atoms with Crippen LogP contribution in [0.5, 0.6) is 0 Å². The molecule has 0 spiro atoms. The van der Waals surface area contributed by atoms with E-state index in [1.54, 1.807) is 0 Å². The molecule has 0 bridgehead atoms. The summed E-state index contributed by atoms with van der Waals surface area (Å²) >= 11 is 0.100. The minimum atomic E-state index is -0.317. The third-order valence-electron chi connectivity index (χ3n) is 2.08. The normalized spacial score (nSPS) is 26.2. The third-order valence-corrected chi connectivity index (χ3v) is 4.26. The summed E-state index contributed by atoms with van der Waals surface area (Å²) in [6.45, 7) is 4.45. The van der Waals surface area contributed by atoms with Crippen LogP contribution in [-0.2, 0) is 4.74 Å². The summed E-state index contributed by atoms with van der Waals surface area (Å²) in [5.41, 5.74) is 1.15. The van der Waals surface area contributed by atoms with Gasteiger partial charge in [-0.05, 0) is 0 Å². The first-order valence-corrected chi connectivity index (χ1v) is 7.70. The van der Waals surface area contributed by atoms with Gasteiger partial charge in [-0.2, -0.15) is 0 Å². The van der Waals surface area contributed by atoms with Crippen LogP contribution < -0.4 is 26.5 Å². The van der Waals surface area contributed by atoms with Crippen LogP contribution >= 0.6 is 0 Å². The van der Waals surface area contributed by atoms with Gasteiger partial charge in [-0.1, -0.05) is 0 Å². The van der Waals surface area contributed by atoms with Crippen molar-refractivity contribution in [3.8, 4) is 0 Å². The molecule has 3 nitrogen and oxygen atoms in total. The molecule has 1 rings (SSSR count). The van der Waals surface area contributed by atoms with Crippen molar-refractivity contribution in [1.29, 1.82) is 0 Å². The van der Waals surface area contributed by atoms with E-state index in [9.17, 15) is 4.79 Å². The Morgan fingerprint density at radius 1 is 1.71 bits per heavy atom. The number of ether oxygens (including phenoxy) is 1. The molecule has 1 saturated heterocycles. The van der Waals surface area contributed by atoms with Crippen molar-refractivity contribution in [2.24, 2.45) is 0 Å². The zero-order valence-electron chi connectivity index (χ0n) is 8.63. The summed E-state index contributed by atoms with van der Waals surface area (Å²) in [5.74, 6) is 0. The molecule has 1 atom stereocenters. The van der Waals surface area contributed by atoms with Gasteiger partial charge in [-0.3, -0.25) is 0 Å². The van der Waals surface area contributed by atoms with Gasteiger partial charge in [0.15, 0.2) is 0 Å². The van der Waals surface area contributed by atoms with E-state index >= 15 is 0 Å². The number of nitrogens with one attached hydrogen (secondary N) is 1. The van der Waals surface area contributed by atoms with Crippen molar-refractivity contribution in [2.45, 2.75) is 19.9 Å². The Morgan fingerprint density at radius 2 is 2.43 bits per heavy atom. The Hall–Kier alpha value is -0.520. The van der Waals surface area contributed by atoms with E-state index in [0.29, 0.717) is 6.61 Å². The molecule has 1 N–H and O–H groups in total. The number of amides is 1. The van der Waals surface area contributed by atoms with E-state index in [2.05, 4.69) is 22.4 Å². The monoisotopic (exact) mass is 308 g/mol. The molecule has 1 aliphatic heterocycles. The van der Waals surface area contributed by atoms with Crippen LogP contribution in [0.2, 0.25) is 0 Å². The fourth-order valence-electron chi connectivity index (χ4n) is 1.18. The summed E-state index contributed by atoms with van der Waals surface area (Å²) in [4.78, 5) is 13.1. The van der Waals surface area contributed by atoms with E-state index in [1.807, 2.05) is 13.8 Å². The quantitative estimate of drug-likeness (QED) is 0.507. The molecule has 14 heavy (non-hydrogen) atoms. The molecule has 1 aliphatic rings. The van der Waals surface area contributed by atoms with Gasteiger partial charge < -0.3 is 0 Å². The van der Waals surface area contributed by atoms with Crippen LogP contribution in [0.25, 0.3) is 0 Å². The van der Waals surface area contributed by atoms with Crippen LogP contribution in [0, 0.1) is 0 Å². The number of cyclic esters (lactones) is 1. The first-order chi connectivity index (χ1) is 6.67. The van der Waals surface area contributed by atoms with Gasteiger partial charge in [0.05, 0.1) is 0 Å². The molecule has 1 heterocycles. The number of alkyl carbamates (subject to hydrolysis) is 1. The number of hydrogen-bond donors (Lipinski definition) is 1. The summed E-state index contributed by atoms with van der Waals surface area (Å²) in [6, 6.07) is 0.0988. The van der Waals surface area contributed by atoms with Crippen molar-refractivity contribution < 1.29 is 30.7 Å². The molecule has 0 aromatic rings. The summed E-state index contributed by atoms with van der Waals surface area (Å²) < 4.78 is 6.30. The van der Waals surface area contributed by atoms with Crippen molar-refractivity contribution in [3.63, 3.8) is 0 Å². The maximum atomic E-state index is 10.9. The molecular formula is C10H15INO2-. The number of allylic oxidation sites excluding steroid dienone is 3. The second kappa shape index (κ2) is 5.38. The van der Waals surface area contributed by atoms with Crippen LogP contribution in [0.15, 0.2) is 21.3 Å². The number of hydrogen-bond acceptors (Lipinski definition) is 2. The van der Waals surface area contributed by atoms with E-state index in [0.717, 1.165) is 5.57 Å². The van der Waals surface area contributed by atoms with Gasteiger partial charge in [0.2, 0.25) is 0 Å². The molecule has 0 saturated carbocycles. The van der Waals surface area contributed by atoms with Crippen LogP contribution in [0.1, 0.15) is 13.8 Å². The van der Waals surface area contributed by atoms with Crippen molar-refractivity contribution in [1.82, 2.24) is 5.32 Å². The van der Waals surface area contributed by atoms with Gasteiger partial charge in [0, 0.05) is 0 Å². The fourth-order valence-corrected chi connectivity index (χ4v) is 2.51. The molecule has 0 aromatic carbocycles. The number of halogens is 1. The first kappa shape index (κ1) is 11.6. The van der Waals surface area contributed by atoms with Crippen LogP contribution in [-0.4, -0.2) is 23.7 Å². The van der Waals surface area contributed by atoms with Gasteiger partial charge in [0.1, 0.15) is 0 Å². The average Bonchev–Trinajstić information content (AvgIpc) is 2.17. The summed E-state index contributed by atoms with van der Waals surface area (Å²) in [7, 11) is 0. The molecule has 1 fully saturated rings. The fraction of sp³-hybridized carbons (Fsp3) is 0.500. The second-order valence-corrected chi connectivity index (χ2v) is 5.35. The van der Waals surface area contributed by atoms with E-state index < -0.39 is 0 Å². The number of carbonyl (C=O) groups is 1. The molecule has 80 valence electrons. The molecule has 4 heteroatoms. The molecular weight excluding hydrogens is 293 g/mol. The zero-order chi connectivity index (χ0) is 10.6.